The molecule has 0 amide bonds. The number of carbonyl (C=O) groups excluding carboxylic acids is 1. The Kier molecular flexibility index (Phi) is 3.08. The summed E-state index contributed by atoms with van der Waals surface area (Å²) in [5, 5.41) is 3.05. The standard InChI is InChI=1S/C11H11FNO2/c12-9-3-1-2-8(6-9)11(14)10-7-13-4-5-15-10/h1,3,6,10,13H,4-5,7H2. The molecular formula is C11H11FNO2. The zero-order valence-corrected chi connectivity index (χ0v) is 8.13. The second-order valence-corrected chi connectivity index (χ2v) is 3.35. The number of ether oxygens (including phenoxy) is 1. The lowest BCUT2D eigenvalue weighted by atomic mass is 10.1. The number of hydrogen-bond donors (Lipinski definition) is 1. The maximum atomic E-state index is 12.9. The Morgan fingerprint density at radius 1 is 1.67 bits per heavy atom. The Balaban J connectivity index is 2.12. The third kappa shape index (κ3) is 2.40. The number of morpholine rings is 1. The van der Waals surface area contributed by atoms with Crippen molar-refractivity contribution >= 4 is 5.78 Å². The van der Waals surface area contributed by atoms with Gasteiger partial charge in [0.2, 0.25) is 0 Å². The quantitative estimate of drug-likeness (QED) is 0.730. The highest BCUT2D eigenvalue weighted by atomic mass is 19.1. The predicted molar refractivity (Wildman–Crippen MR) is 52.2 cm³/mol. The summed E-state index contributed by atoms with van der Waals surface area (Å²) < 4.78 is 18.1. The summed E-state index contributed by atoms with van der Waals surface area (Å²) in [6, 6.07) is 6.55. The molecule has 0 spiro atoms. The Morgan fingerprint density at radius 3 is 3.20 bits per heavy atom. The summed E-state index contributed by atoms with van der Waals surface area (Å²) in [4.78, 5) is 11.8. The molecule has 1 unspecified atom stereocenters. The van der Waals surface area contributed by atoms with E-state index in [4.69, 9.17) is 4.74 Å². The van der Waals surface area contributed by atoms with E-state index in [2.05, 4.69) is 11.4 Å². The molecule has 1 radical (unpaired) electrons. The molecule has 0 saturated carbocycles. The van der Waals surface area contributed by atoms with Crippen molar-refractivity contribution in [3.8, 4) is 0 Å². The lowest BCUT2D eigenvalue weighted by Gasteiger charge is -2.22. The highest BCUT2D eigenvalue weighted by molar-refractivity contribution is 5.99. The van der Waals surface area contributed by atoms with Crippen LogP contribution in [0, 0.1) is 11.9 Å². The van der Waals surface area contributed by atoms with Crippen LogP contribution in [0.25, 0.3) is 0 Å². The number of Topliss-reactive ketones (excluding diaryl/α,β-unsaturated/α-hetero) is 1. The van der Waals surface area contributed by atoms with E-state index in [1.807, 2.05) is 0 Å². The van der Waals surface area contributed by atoms with E-state index in [-0.39, 0.29) is 11.3 Å². The number of nitrogens with one attached hydrogen (secondary N) is 1. The monoisotopic (exact) mass is 208 g/mol. The van der Waals surface area contributed by atoms with Crippen molar-refractivity contribution in [3.05, 3.63) is 35.6 Å². The maximum absolute atomic E-state index is 12.9. The van der Waals surface area contributed by atoms with Crippen molar-refractivity contribution in [1.82, 2.24) is 5.32 Å². The average Bonchev–Trinajstić information content (AvgIpc) is 2.29. The zero-order valence-electron chi connectivity index (χ0n) is 8.13. The second-order valence-electron chi connectivity index (χ2n) is 3.35. The predicted octanol–water partition coefficient (Wildman–Crippen LogP) is 0.797. The molecule has 1 aliphatic rings. The number of rotatable bonds is 2. The van der Waals surface area contributed by atoms with Crippen molar-refractivity contribution in [1.29, 1.82) is 0 Å². The smallest absolute Gasteiger partial charge is 0.193 e. The molecule has 79 valence electrons. The second kappa shape index (κ2) is 4.51. The van der Waals surface area contributed by atoms with Gasteiger partial charge in [0.25, 0.3) is 0 Å². The third-order valence-electron chi connectivity index (χ3n) is 2.25. The number of hydrogen-bond acceptors (Lipinski definition) is 3. The van der Waals surface area contributed by atoms with E-state index in [0.717, 1.165) is 6.54 Å². The van der Waals surface area contributed by atoms with Crippen LogP contribution in [0.5, 0.6) is 0 Å². The molecular weight excluding hydrogens is 197 g/mol. The molecule has 1 heterocycles. The van der Waals surface area contributed by atoms with Crippen LogP contribution in [0.3, 0.4) is 0 Å². The number of benzene rings is 1. The summed E-state index contributed by atoms with van der Waals surface area (Å²) in [5.74, 6) is -0.650. The van der Waals surface area contributed by atoms with Crippen molar-refractivity contribution in [2.24, 2.45) is 0 Å². The number of carbonyl (C=O) groups is 1. The Bertz CT molecular complexity index is 361. The minimum Gasteiger partial charge on any atom is -0.367 e. The average molecular weight is 208 g/mol. The first kappa shape index (κ1) is 10.3. The summed E-state index contributed by atoms with van der Waals surface area (Å²) >= 11 is 0. The van der Waals surface area contributed by atoms with Crippen molar-refractivity contribution in [2.75, 3.05) is 19.7 Å². The fraction of sp³-hybridized carbons (Fsp3) is 0.364. The largest absolute Gasteiger partial charge is 0.367 e. The molecule has 15 heavy (non-hydrogen) atoms. The van der Waals surface area contributed by atoms with Gasteiger partial charge in [-0.05, 0) is 18.2 Å². The van der Waals surface area contributed by atoms with Crippen LogP contribution in [0.4, 0.5) is 4.39 Å². The molecule has 1 aromatic rings. The van der Waals surface area contributed by atoms with E-state index in [1.165, 1.54) is 18.2 Å². The number of ketones is 1. The van der Waals surface area contributed by atoms with Gasteiger partial charge < -0.3 is 10.1 Å². The molecule has 4 heteroatoms. The molecule has 1 atom stereocenters. The van der Waals surface area contributed by atoms with Crippen LogP contribution in [0.15, 0.2) is 18.2 Å². The van der Waals surface area contributed by atoms with Crippen molar-refractivity contribution < 1.29 is 13.9 Å². The van der Waals surface area contributed by atoms with Gasteiger partial charge in [-0.25, -0.2) is 4.39 Å². The van der Waals surface area contributed by atoms with E-state index >= 15 is 0 Å². The SMILES string of the molecule is O=C(c1[c]ccc(F)c1)C1CNCCO1. The van der Waals surface area contributed by atoms with Crippen LogP contribution in [0.1, 0.15) is 10.4 Å². The molecule has 0 bridgehead atoms. The third-order valence-corrected chi connectivity index (χ3v) is 2.25. The van der Waals surface area contributed by atoms with Gasteiger partial charge in [-0.15, -0.1) is 0 Å². The summed E-state index contributed by atoms with van der Waals surface area (Å²) in [6.07, 6.45) is -0.517. The molecule has 1 N–H and O–H groups in total. The van der Waals surface area contributed by atoms with Crippen LogP contribution >= 0.6 is 0 Å². The molecule has 2 rings (SSSR count). The molecule has 1 aliphatic heterocycles. The summed E-state index contributed by atoms with van der Waals surface area (Å²) in [5.41, 5.74) is 0.240. The fourth-order valence-corrected chi connectivity index (χ4v) is 1.49. The zero-order chi connectivity index (χ0) is 10.7. The molecule has 0 aliphatic carbocycles. The molecule has 1 saturated heterocycles. The molecule has 1 fully saturated rings. The Labute approximate surface area is 87.2 Å². The van der Waals surface area contributed by atoms with E-state index in [0.29, 0.717) is 13.2 Å². The Hall–Kier alpha value is -1.26. The van der Waals surface area contributed by atoms with Gasteiger partial charge in [-0.1, -0.05) is 6.07 Å². The van der Waals surface area contributed by atoms with Crippen molar-refractivity contribution in [2.45, 2.75) is 6.10 Å². The minimum atomic E-state index is -0.517. The topological polar surface area (TPSA) is 38.3 Å². The summed E-state index contributed by atoms with van der Waals surface area (Å²) in [6.45, 7) is 1.73. The fourth-order valence-electron chi connectivity index (χ4n) is 1.49. The molecule has 0 aromatic heterocycles. The first-order valence-corrected chi connectivity index (χ1v) is 4.81. The number of halogens is 1. The molecule has 3 nitrogen and oxygen atoms in total. The van der Waals surface area contributed by atoms with Gasteiger partial charge in [0.1, 0.15) is 11.9 Å². The van der Waals surface area contributed by atoms with Crippen LogP contribution in [-0.2, 0) is 4.74 Å². The van der Waals surface area contributed by atoms with Gasteiger partial charge in [-0.2, -0.15) is 0 Å². The van der Waals surface area contributed by atoms with Crippen LogP contribution in [0.2, 0.25) is 0 Å². The lowest BCUT2D eigenvalue weighted by molar-refractivity contribution is 0.0269. The summed E-state index contributed by atoms with van der Waals surface area (Å²) in [7, 11) is 0. The van der Waals surface area contributed by atoms with E-state index in [9.17, 15) is 9.18 Å². The van der Waals surface area contributed by atoms with Crippen LogP contribution in [-0.4, -0.2) is 31.6 Å². The lowest BCUT2D eigenvalue weighted by Crippen LogP contribution is -2.43. The minimum absolute atomic E-state index is 0.221. The van der Waals surface area contributed by atoms with Gasteiger partial charge >= 0.3 is 0 Å². The van der Waals surface area contributed by atoms with Gasteiger partial charge in [-0.3, -0.25) is 4.79 Å². The highest BCUT2D eigenvalue weighted by Crippen LogP contribution is 2.09. The van der Waals surface area contributed by atoms with Gasteiger partial charge in [0.15, 0.2) is 5.78 Å². The van der Waals surface area contributed by atoms with Crippen LogP contribution < -0.4 is 5.32 Å². The van der Waals surface area contributed by atoms with Gasteiger partial charge in [0, 0.05) is 18.7 Å². The first-order chi connectivity index (χ1) is 7.27. The van der Waals surface area contributed by atoms with Crippen molar-refractivity contribution in [3.63, 3.8) is 0 Å². The highest BCUT2D eigenvalue weighted by Gasteiger charge is 2.23. The normalized spacial score (nSPS) is 21.3. The Morgan fingerprint density at radius 2 is 2.53 bits per heavy atom. The van der Waals surface area contributed by atoms with E-state index < -0.39 is 11.9 Å². The first-order valence-electron chi connectivity index (χ1n) is 4.81. The van der Waals surface area contributed by atoms with E-state index in [1.54, 1.807) is 0 Å². The maximum Gasteiger partial charge on any atom is 0.193 e. The van der Waals surface area contributed by atoms with Gasteiger partial charge in [0.05, 0.1) is 6.61 Å². The molecule has 1 aromatic carbocycles.